The lowest BCUT2D eigenvalue weighted by molar-refractivity contribution is 0.745. The summed E-state index contributed by atoms with van der Waals surface area (Å²) in [6.45, 7) is 1.89. The Kier molecular flexibility index (Phi) is 4.75. The van der Waals surface area contributed by atoms with Gasteiger partial charge < -0.3 is 15.5 Å². The highest BCUT2D eigenvalue weighted by Gasteiger charge is 2.15. The fraction of sp³-hybridized carbons (Fsp3) is 0.692. The molecular weight excluding hydrogens is 226 g/mol. The Morgan fingerprint density at radius 2 is 2.11 bits per heavy atom. The highest BCUT2D eigenvalue weighted by Crippen LogP contribution is 2.22. The van der Waals surface area contributed by atoms with Crippen molar-refractivity contribution in [3.63, 3.8) is 0 Å². The highest BCUT2D eigenvalue weighted by molar-refractivity contribution is 5.48. The Morgan fingerprint density at radius 3 is 2.83 bits per heavy atom. The van der Waals surface area contributed by atoms with E-state index in [1.165, 1.54) is 25.7 Å². The minimum Gasteiger partial charge on any atom is -0.367 e. The van der Waals surface area contributed by atoms with Crippen LogP contribution in [0.25, 0.3) is 0 Å². The van der Waals surface area contributed by atoms with Crippen molar-refractivity contribution in [3.05, 3.63) is 12.4 Å². The molecular formula is C13H23N5. The third kappa shape index (κ3) is 3.57. The van der Waals surface area contributed by atoms with Gasteiger partial charge in [0.2, 0.25) is 0 Å². The first kappa shape index (κ1) is 13.1. The van der Waals surface area contributed by atoms with Crippen LogP contribution in [0.3, 0.4) is 0 Å². The van der Waals surface area contributed by atoms with Crippen LogP contribution in [0.1, 0.15) is 25.7 Å². The molecule has 2 rings (SSSR count). The average molecular weight is 249 g/mol. The predicted molar refractivity (Wildman–Crippen MR) is 75.1 cm³/mol. The maximum absolute atomic E-state index is 4.31. The molecule has 1 heterocycles. The molecule has 5 heteroatoms. The summed E-state index contributed by atoms with van der Waals surface area (Å²) in [5.74, 6) is 1.92. The first-order chi connectivity index (χ1) is 8.79. The quantitative estimate of drug-likeness (QED) is 0.800. The van der Waals surface area contributed by atoms with E-state index in [0.29, 0.717) is 6.04 Å². The lowest BCUT2D eigenvalue weighted by Crippen LogP contribution is -2.28. The Hall–Kier alpha value is -1.36. The minimum atomic E-state index is 0.593. The van der Waals surface area contributed by atoms with Gasteiger partial charge in [0.1, 0.15) is 18.0 Å². The van der Waals surface area contributed by atoms with Crippen LogP contribution < -0.4 is 15.5 Å². The van der Waals surface area contributed by atoms with Crippen LogP contribution in [0.4, 0.5) is 11.6 Å². The van der Waals surface area contributed by atoms with Gasteiger partial charge in [0.25, 0.3) is 0 Å². The van der Waals surface area contributed by atoms with E-state index in [2.05, 4.69) is 32.5 Å². The molecule has 0 amide bonds. The Bertz CT molecular complexity index is 362. The molecule has 1 saturated carbocycles. The van der Waals surface area contributed by atoms with Crippen LogP contribution in [0, 0.1) is 0 Å². The molecule has 0 aliphatic heterocycles. The predicted octanol–water partition coefficient (Wildman–Crippen LogP) is 1.49. The molecule has 100 valence electrons. The molecule has 1 aliphatic rings. The number of anilines is 2. The van der Waals surface area contributed by atoms with Crippen molar-refractivity contribution in [2.24, 2.45) is 0 Å². The zero-order valence-electron chi connectivity index (χ0n) is 11.3. The van der Waals surface area contributed by atoms with Crippen LogP contribution in [0.2, 0.25) is 0 Å². The number of aromatic nitrogens is 2. The summed E-state index contributed by atoms with van der Waals surface area (Å²) < 4.78 is 0. The summed E-state index contributed by atoms with van der Waals surface area (Å²) in [7, 11) is 4.01. The van der Waals surface area contributed by atoms with Crippen molar-refractivity contribution in [1.29, 1.82) is 0 Å². The van der Waals surface area contributed by atoms with Gasteiger partial charge in [-0.2, -0.15) is 0 Å². The molecule has 0 aromatic carbocycles. The van der Waals surface area contributed by atoms with E-state index >= 15 is 0 Å². The van der Waals surface area contributed by atoms with E-state index in [-0.39, 0.29) is 0 Å². The number of rotatable bonds is 6. The SMILES string of the molecule is CNCCN(C)c1cc(NC2CCCC2)ncn1. The van der Waals surface area contributed by atoms with Gasteiger partial charge in [-0.25, -0.2) is 9.97 Å². The van der Waals surface area contributed by atoms with E-state index < -0.39 is 0 Å². The summed E-state index contributed by atoms with van der Waals surface area (Å²) in [5.41, 5.74) is 0. The summed E-state index contributed by atoms with van der Waals surface area (Å²) in [6, 6.07) is 2.63. The minimum absolute atomic E-state index is 0.593. The summed E-state index contributed by atoms with van der Waals surface area (Å²) >= 11 is 0. The molecule has 2 N–H and O–H groups in total. The van der Waals surface area contributed by atoms with Gasteiger partial charge in [0.05, 0.1) is 0 Å². The van der Waals surface area contributed by atoms with Crippen LogP contribution in [-0.2, 0) is 0 Å². The Balaban J connectivity index is 1.95. The second kappa shape index (κ2) is 6.54. The second-order valence-electron chi connectivity index (χ2n) is 4.91. The van der Waals surface area contributed by atoms with Crippen molar-refractivity contribution < 1.29 is 0 Å². The highest BCUT2D eigenvalue weighted by atomic mass is 15.2. The van der Waals surface area contributed by atoms with Gasteiger partial charge in [-0.05, 0) is 19.9 Å². The third-order valence-corrected chi connectivity index (χ3v) is 3.45. The van der Waals surface area contributed by atoms with Gasteiger partial charge in [0, 0.05) is 32.2 Å². The van der Waals surface area contributed by atoms with Gasteiger partial charge in [-0.1, -0.05) is 12.8 Å². The molecule has 0 saturated heterocycles. The Labute approximate surface area is 109 Å². The van der Waals surface area contributed by atoms with Gasteiger partial charge in [-0.15, -0.1) is 0 Å². The van der Waals surface area contributed by atoms with Gasteiger partial charge in [0.15, 0.2) is 0 Å². The zero-order chi connectivity index (χ0) is 12.8. The first-order valence-electron chi connectivity index (χ1n) is 6.74. The van der Waals surface area contributed by atoms with Crippen molar-refractivity contribution in [3.8, 4) is 0 Å². The molecule has 1 aliphatic carbocycles. The average Bonchev–Trinajstić information content (AvgIpc) is 2.89. The smallest absolute Gasteiger partial charge is 0.133 e. The maximum atomic E-state index is 4.31. The van der Waals surface area contributed by atoms with Crippen molar-refractivity contribution in [2.45, 2.75) is 31.7 Å². The normalized spacial score (nSPS) is 15.9. The fourth-order valence-corrected chi connectivity index (χ4v) is 2.31. The molecule has 0 bridgehead atoms. The van der Waals surface area contributed by atoms with Crippen LogP contribution in [0.5, 0.6) is 0 Å². The molecule has 0 spiro atoms. The van der Waals surface area contributed by atoms with Crippen molar-refractivity contribution in [1.82, 2.24) is 15.3 Å². The van der Waals surface area contributed by atoms with Crippen LogP contribution in [0.15, 0.2) is 12.4 Å². The molecule has 5 nitrogen and oxygen atoms in total. The van der Waals surface area contributed by atoms with Crippen LogP contribution in [-0.4, -0.2) is 43.2 Å². The zero-order valence-corrected chi connectivity index (χ0v) is 11.3. The fourth-order valence-electron chi connectivity index (χ4n) is 2.31. The summed E-state index contributed by atoms with van der Waals surface area (Å²) in [5, 5.41) is 6.64. The van der Waals surface area contributed by atoms with Crippen molar-refractivity contribution in [2.75, 3.05) is 37.4 Å². The standard InChI is InChI=1S/C13H23N5/c1-14-7-8-18(2)13-9-12(15-10-16-13)17-11-5-3-4-6-11/h9-11,14H,3-8H2,1-2H3,(H,15,16,17). The second-order valence-corrected chi connectivity index (χ2v) is 4.91. The van der Waals surface area contributed by atoms with E-state index in [1.54, 1.807) is 6.33 Å². The molecule has 1 aromatic rings. The molecule has 18 heavy (non-hydrogen) atoms. The summed E-state index contributed by atoms with van der Waals surface area (Å²) in [4.78, 5) is 10.8. The first-order valence-corrected chi connectivity index (χ1v) is 6.74. The lowest BCUT2D eigenvalue weighted by Gasteiger charge is -2.19. The topological polar surface area (TPSA) is 53.1 Å². The molecule has 1 fully saturated rings. The molecule has 0 radical (unpaired) electrons. The van der Waals surface area contributed by atoms with E-state index in [9.17, 15) is 0 Å². The van der Waals surface area contributed by atoms with Gasteiger partial charge in [-0.3, -0.25) is 0 Å². The van der Waals surface area contributed by atoms with E-state index in [0.717, 1.165) is 24.7 Å². The number of hydrogen-bond acceptors (Lipinski definition) is 5. The lowest BCUT2D eigenvalue weighted by atomic mass is 10.2. The molecule has 0 atom stereocenters. The van der Waals surface area contributed by atoms with E-state index in [4.69, 9.17) is 0 Å². The largest absolute Gasteiger partial charge is 0.367 e. The van der Waals surface area contributed by atoms with Gasteiger partial charge >= 0.3 is 0 Å². The summed E-state index contributed by atoms with van der Waals surface area (Å²) in [6.07, 6.45) is 6.82. The van der Waals surface area contributed by atoms with E-state index in [1.807, 2.05) is 13.1 Å². The van der Waals surface area contributed by atoms with Crippen LogP contribution >= 0.6 is 0 Å². The number of likely N-dealkylation sites (N-methyl/N-ethyl adjacent to an activating group) is 2. The maximum Gasteiger partial charge on any atom is 0.133 e. The number of hydrogen-bond donors (Lipinski definition) is 2. The Morgan fingerprint density at radius 1 is 1.33 bits per heavy atom. The molecule has 0 unspecified atom stereocenters. The number of nitrogens with zero attached hydrogens (tertiary/aromatic N) is 3. The third-order valence-electron chi connectivity index (χ3n) is 3.45. The molecule has 1 aromatic heterocycles. The number of nitrogens with one attached hydrogen (secondary N) is 2. The van der Waals surface area contributed by atoms with Crippen molar-refractivity contribution >= 4 is 11.6 Å². The monoisotopic (exact) mass is 249 g/mol.